The molecule has 0 bridgehead atoms. The summed E-state index contributed by atoms with van der Waals surface area (Å²) < 4.78 is 30.2. The van der Waals surface area contributed by atoms with Gasteiger partial charge in [0.1, 0.15) is 0 Å². The summed E-state index contributed by atoms with van der Waals surface area (Å²) in [5.74, 6) is 0. The van der Waals surface area contributed by atoms with Gasteiger partial charge in [0.25, 0.3) is 10.0 Å². The Balaban J connectivity index is 1.38. The van der Waals surface area contributed by atoms with Crippen LogP contribution in [0.15, 0.2) is 72.2 Å². The highest BCUT2D eigenvalue weighted by Gasteiger charge is 2.26. The molecule has 1 saturated heterocycles. The van der Waals surface area contributed by atoms with Crippen molar-refractivity contribution in [1.29, 1.82) is 0 Å². The average molecular weight is 517 g/mol. The second kappa shape index (κ2) is 9.55. The van der Waals surface area contributed by atoms with Crippen molar-refractivity contribution in [3.05, 3.63) is 72.8 Å². The van der Waals surface area contributed by atoms with Gasteiger partial charge in [-0.05, 0) is 55.6 Å². The van der Waals surface area contributed by atoms with Crippen LogP contribution in [0.4, 0.5) is 0 Å². The van der Waals surface area contributed by atoms with Crippen molar-refractivity contribution in [3.63, 3.8) is 0 Å². The molecule has 8 nitrogen and oxygen atoms in total. The third-order valence-corrected chi connectivity index (χ3v) is 9.40. The number of piperazine rings is 1. The molecule has 1 atom stereocenters. The lowest BCUT2D eigenvalue weighted by Gasteiger charge is -2.39. The molecule has 1 aromatic carbocycles. The Hall–Kier alpha value is -3.27. The summed E-state index contributed by atoms with van der Waals surface area (Å²) >= 11 is 0. The van der Waals surface area contributed by atoms with E-state index in [9.17, 15) is 8.42 Å². The average Bonchev–Trinajstić information content (AvgIpc) is 3.53. The van der Waals surface area contributed by atoms with Crippen molar-refractivity contribution >= 4 is 26.6 Å². The van der Waals surface area contributed by atoms with Gasteiger partial charge in [-0.1, -0.05) is 24.3 Å². The van der Waals surface area contributed by atoms with E-state index in [1.54, 1.807) is 41.3 Å². The fraction of sp³-hybridized carbons (Fsp3) is 0.357. The first-order chi connectivity index (χ1) is 17.9. The molecule has 1 aliphatic heterocycles. The first kappa shape index (κ1) is 24.1. The third kappa shape index (κ3) is 4.52. The monoisotopic (exact) mass is 516 g/mol. The number of pyridine rings is 1. The molecule has 192 valence electrons. The van der Waals surface area contributed by atoms with Crippen LogP contribution in [0, 0.1) is 0 Å². The van der Waals surface area contributed by atoms with Gasteiger partial charge in [0.15, 0.2) is 5.65 Å². The molecular weight excluding hydrogens is 484 g/mol. The number of fused-ring (bicyclic) bond motifs is 1. The van der Waals surface area contributed by atoms with E-state index in [2.05, 4.69) is 34.1 Å². The largest absolute Gasteiger partial charge is 0.304 e. The van der Waals surface area contributed by atoms with E-state index >= 15 is 0 Å². The van der Waals surface area contributed by atoms with Gasteiger partial charge in [0.05, 0.1) is 11.1 Å². The van der Waals surface area contributed by atoms with Crippen molar-refractivity contribution in [2.24, 2.45) is 7.05 Å². The molecule has 1 unspecified atom stereocenters. The van der Waals surface area contributed by atoms with Crippen molar-refractivity contribution in [2.45, 2.75) is 30.2 Å². The second-order valence-corrected chi connectivity index (χ2v) is 12.0. The van der Waals surface area contributed by atoms with Gasteiger partial charge in [-0.25, -0.2) is 17.4 Å². The van der Waals surface area contributed by atoms with Gasteiger partial charge in [0, 0.05) is 74.4 Å². The predicted octanol–water partition coefficient (Wildman–Crippen LogP) is 3.86. The Labute approximate surface area is 217 Å². The zero-order valence-electron chi connectivity index (χ0n) is 21.3. The summed E-state index contributed by atoms with van der Waals surface area (Å²) in [5, 5.41) is 5.13. The molecule has 0 saturated carbocycles. The fourth-order valence-electron chi connectivity index (χ4n) is 5.54. The molecule has 1 aliphatic carbocycles. The zero-order chi connectivity index (χ0) is 25.6. The Morgan fingerprint density at radius 1 is 0.946 bits per heavy atom. The molecule has 4 aromatic rings. The SMILES string of the molecule is CN1CCN(C2CC=C(c3cnc4c(c3)c(-c3cnn(C)c3)cn4S(=O)(=O)c3ccccc3)CC2)CC1. The molecule has 2 aliphatic rings. The predicted molar refractivity (Wildman–Crippen MR) is 146 cm³/mol. The Kier molecular flexibility index (Phi) is 6.22. The number of rotatable bonds is 5. The topological polar surface area (TPSA) is 76.3 Å². The number of allylic oxidation sites excluding steroid dienone is 1. The van der Waals surface area contributed by atoms with Crippen molar-refractivity contribution in [3.8, 4) is 11.1 Å². The van der Waals surface area contributed by atoms with E-state index in [0.29, 0.717) is 11.7 Å². The smallest absolute Gasteiger partial charge is 0.269 e. The van der Waals surface area contributed by atoms with Crippen LogP contribution >= 0.6 is 0 Å². The van der Waals surface area contributed by atoms with Gasteiger partial charge in [-0.2, -0.15) is 5.10 Å². The Morgan fingerprint density at radius 3 is 2.41 bits per heavy atom. The molecule has 1 fully saturated rings. The lowest BCUT2D eigenvalue weighted by atomic mass is 9.90. The van der Waals surface area contributed by atoms with Crippen molar-refractivity contribution in [2.75, 3.05) is 33.2 Å². The van der Waals surface area contributed by atoms with Crippen LogP contribution in [-0.4, -0.2) is 76.2 Å². The molecular formula is C28H32N6O2S. The molecule has 37 heavy (non-hydrogen) atoms. The third-order valence-electron chi connectivity index (χ3n) is 7.74. The van der Waals surface area contributed by atoms with Gasteiger partial charge < -0.3 is 4.90 Å². The summed E-state index contributed by atoms with van der Waals surface area (Å²) in [6.45, 7) is 4.53. The molecule has 0 spiro atoms. The van der Waals surface area contributed by atoms with E-state index in [1.165, 1.54) is 9.55 Å². The van der Waals surface area contributed by atoms with Gasteiger partial charge in [0.2, 0.25) is 0 Å². The summed E-state index contributed by atoms with van der Waals surface area (Å²) in [4.78, 5) is 9.98. The quantitative estimate of drug-likeness (QED) is 0.401. The highest BCUT2D eigenvalue weighted by molar-refractivity contribution is 7.90. The zero-order valence-corrected chi connectivity index (χ0v) is 22.1. The lowest BCUT2D eigenvalue weighted by molar-refractivity contribution is 0.107. The van der Waals surface area contributed by atoms with E-state index in [1.807, 2.05) is 25.5 Å². The summed E-state index contributed by atoms with van der Waals surface area (Å²) in [7, 11) is 0.246. The Morgan fingerprint density at radius 2 is 1.73 bits per heavy atom. The first-order valence-corrected chi connectivity index (χ1v) is 14.3. The number of benzene rings is 1. The number of likely N-dealkylation sites (N-methyl/N-ethyl adjacent to an activating group) is 1. The van der Waals surface area contributed by atoms with E-state index < -0.39 is 10.0 Å². The summed E-state index contributed by atoms with van der Waals surface area (Å²) in [5.41, 5.74) is 4.45. The molecule has 4 heterocycles. The maximum absolute atomic E-state index is 13.6. The van der Waals surface area contributed by atoms with Gasteiger partial charge in [-0.15, -0.1) is 0 Å². The molecule has 6 rings (SSSR count). The van der Waals surface area contributed by atoms with E-state index in [-0.39, 0.29) is 4.90 Å². The van der Waals surface area contributed by atoms with E-state index in [0.717, 1.165) is 67.5 Å². The second-order valence-electron chi connectivity index (χ2n) is 10.2. The highest BCUT2D eigenvalue weighted by atomic mass is 32.2. The number of hydrogen-bond acceptors (Lipinski definition) is 6. The van der Waals surface area contributed by atoms with Crippen molar-refractivity contribution in [1.82, 2.24) is 28.5 Å². The van der Waals surface area contributed by atoms with Crippen molar-refractivity contribution < 1.29 is 8.42 Å². The van der Waals surface area contributed by atoms with E-state index in [4.69, 9.17) is 4.98 Å². The number of hydrogen-bond donors (Lipinski definition) is 0. The maximum atomic E-state index is 13.6. The molecule has 3 aromatic heterocycles. The Bertz CT molecular complexity index is 1560. The van der Waals surface area contributed by atoms with Gasteiger partial charge >= 0.3 is 0 Å². The summed E-state index contributed by atoms with van der Waals surface area (Å²) in [6.07, 6.45) is 12.7. The minimum Gasteiger partial charge on any atom is -0.304 e. The van der Waals surface area contributed by atoms with Crippen LogP contribution in [-0.2, 0) is 17.1 Å². The van der Waals surface area contributed by atoms with Crippen LogP contribution in [0.2, 0.25) is 0 Å². The molecule has 0 amide bonds. The first-order valence-electron chi connectivity index (χ1n) is 12.8. The van der Waals surface area contributed by atoms with Crippen LogP contribution in [0.3, 0.4) is 0 Å². The number of nitrogens with zero attached hydrogens (tertiary/aromatic N) is 6. The summed E-state index contributed by atoms with van der Waals surface area (Å²) in [6, 6.07) is 11.2. The highest BCUT2D eigenvalue weighted by Crippen LogP contribution is 2.36. The minimum absolute atomic E-state index is 0.237. The maximum Gasteiger partial charge on any atom is 0.269 e. The fourth-order valence-corrected chi connectivity index (χ4v) is 6.88. The molecule has 9 heteroatoms. The normalized spacial score (nSPS) is 19.8. The molecule has 0 radical (unpaired) electrons. The van der Waals surface area contributed by atoms with Gasteiger partial charge in [-0.3, -0.25) is 9.58 Å². The minimum atomic E-state index is -3.80. The standard InChI is InChI=1S/C28H32N6O2S/c1-31-12-14-33(15-13-31)24-10-8-21(9-11-24)22-16-26-27(23-18-30-32(2)19-23)20-34(28(26)29-17-22)37(35,36)25-6-4-3-5-7-25/h3-8,16-20,24H,9-15H2,1-2H3. The van der Waals surface area contributed by atoms with Crippen LogP contribution in [0.5, 0.6) is 0 Å². The van der Waals surface area contributed by atoms with Crippen LogP contribution in [0.25, 0.3) is 27.7 Å². The number of aryl methyl sites for hydroxylation is 1. The van der Waals surface area contributed by atoms with Crippen LogP contribution < -0.4 is 0 Å². The van der Waals surface area contributed by atoms with Crippen LogP contribution in [0.1, 0.15) is 24.8 Å². The number of aromatic nitrogens is 4. The lowest BCUT2D eigenvalue weighted by Crippen LogP contribution is -2.49. The molecule has 0 N–H and O–H groups in total.